The van der Waals surface area contributed by atoms with Gasteiger partial charge in [0.25, 0.3) is 0 Å². The molecular formula is C12H8ClF2N. The van der Waals surface area contributed by atoms with Crippen molar-refractivity contribution < 1.29 is 8.78 Å². The summed E-state index contributed by atoms with van der Waals surface area (Å²) >= 11 is 5.65. The molecule has 2 N–H and O–H groups in total. The summed E-state index contributed by atoms with van der Waals surface area (Å²) in [4.78, 5) is 0. The maximum Gasteiger partial charge on any atom is 0.146 e. The Hall–Kier alpha value is -1.61. The lowest BCUT2D eigenvalue weighted by Crippen LogP contribution is -1.94. The molecule has 0 atom stereocenters. The van der Waals surface area contributed by atoms with Crippen LogP contribution in [0, 0.1) is 11.6 Å². The second-order valence-electron chi connectivity index (χ2n) is 3.33. The first kappa shape index (κ1) is 10.9. The van der Waals surface area contributed by atoms with Gasteiger partial charge in [-0.2, -0.15) is 0 Å². The number of para-hydroxylation sites is 1. The summed E-state index contributed by atoms with van der Waals surface area (Å²) in [5.74, 6) is -1.02. The van der Waals surface area contributed by atoms with Gasteiger partial charge in [0.2, 0.25) is 0 Å². The van der Waals surface area contributed by atoms with Crippen molar-refractivity contribution in [3.05, 3.63) is 53.1 Å². The Kier molecular flexibility index (Phi) is 2.79. The fourth-order valence-electron chi connectivity index (χ4n) is 1.45. The molecule has 0 aromatic heterocycles. The molecule has 82 valence electrons. The summed E-state index contributed by atoms with van der Waals surface area (Å²) in [5.41, 5.74) is 6.71. The summed E-state index contributed by atoms with van der Waals surface area (Å²) in [6.45, 7) is 0. The van der Waals surface area contributed by atoms with Gasteiger partial charge in [0.1, 0.15) is 11.6 Å². The Labute approximate surface area is 96.5 Å². The molecule has 0 saturated carbocycles. The third-order valence-electron chi connectivity index (χ3n) is 2.28. The van der Waals surface area contributed by atoms with Gasteiger partial charge < -0.3 is 5.73 Å². The lowest BCUT2D eigenvalue weighted by molar-refractivity contribution is 0.628. The zero-order valence-corrected chi connectivity index (χ0v) is 8.93. The molecule has 0 unspecified atom stereocenters. The highest BCUT2D eigenvalue weighted by atomic mass is 35.5. The zero-order valence-electron chi connectivity index (χ0n) is 8.18. The van der Waals surface area contributed by atoms with Gasteiger partial charge in [0.15, 0.2) is 0 Å². The smallest absolute Gasteiger partial charge is 0.146 e. The van der Waals surface area contributed by atoms with Crippen molar-refractivity contribution in [2.45, 2.75) is 0 Å². The van der Waals surface area contributed by atoms with E-state index in [2.05, 4.69) is 0 Å². The van der Waals surface area contributed by atoms with Crippen molar-refractivity contribution in [3.63, 3.8) is 0 Å². The monoisotopic (exact) mass is 239 g/mol. The lowest BCUT2D eigenvalue weighted by Gasteiger charge is -2.07. The van der Waals surface area contributed by atoms with Crippen LogP contribution >= 0.6 is 11.6 Å². The summed E-state index contributed by atoms with van der Waals surface area (Å²) < 4.78 is 26.2. The third kappa shape index (κ3) is 1.86. The van der Waals surface area contributed by atoms with Gasteiger partial charge in [0, 0.05) is 5.56 Å². The maximum absolute atomic E-state index is 13.2. The van der Waals surface area contributed by atoms with Crippen molar-refractivity contribution in [2.75, 3.05) is 5.73 Å². The summed E-state index contributed by atoms with van der Waals surface area (Å²) in [5, 5.41) is -0.0128. The van der Waals surface area contributed by atoms with Gasteiger partial charge in [-0.05, 0) is 23.8 Å². The van der Waals surface area contributed by atoms with Gasteiger partial charge in [-0.25, -0.2) is 8.78 Å². The average Bonchev–Trinajstić information content (AvgIpc) is 2.26. The normalized spacial score (nSPS) is 10.4. The minimum absolute atomic E-state index is 0.0128. The number of nitrogens with two attached hydrogens (primary N) is 1. The zero-order chi connectivity index (χ0) is 11.7. The molecule has 2 aromatic rings. The number of benzene rings is 2. The molecule has 2 aromatic carbocycles. The van der Waals surface area contributed by atoms with E-state index < -0.39 is 11.6 Å². The van der Waals surface area contributed by atoms with Crippen molar-refractivity contribution in [3.8, 4) is 11.1 Å². The van der Waals surface area contributed by atoms with Crippen LogP contribution in [0.25, 0.3) is 11.1 Å². The fourth-order valence-corrected chi connectivity index (χ4v) is 1.63. The number of hydrogen-bond acceptors (Lipinski definition) is 1. The average molecular weight is 240 g/mol. The van der Waals surface area contributed by atoms with Crippen LogP contribution in [0.2, 0.25) is 5.02 Å². The van der Waals surface area contributed by atoms with Crippen molar-refractivity contribution in [1.29, 1.82) is 0 Å². The predicted molar refractivity (Wildman–Crippen MR) is 61.2 cm³/mol. The molecule has 0 aliphatic heterocycles. The first-order valence-corrected chi connectivity index (χ1v) is 4.97. The Bertz CT molecular complexity index is 541. The van der Waals surface area contributed by atoms with E-state index in [0.717, 1.165) is 0 Å². The second kappa shape index (κ2) is 4.10. The maximum atomic E-state index is 13.2. The Morgan fingerprint density at radius 3 is 2.44 bits per heavy atom. The van der Waals surface area contributed by atoms with Gasteiger partial charge in [-0.3, -0.25) is 0 Å². The molecule has 16 heavy (non-hydrogen) atoms. The van der Waals surface area contributed by atoms with E-state index in [4.69, 9.17) is 17.3 Å². The first-order valence-electron chi connectivity index (χ1n) is 4.59. The molecule has 0 bridgehead atoms. The molecule has 2 rings (SSSR count). The van der Waals surface area contributed by atoms with E-state index in [1.165, 1.54) is 30.3 Å². The van der Waals surface area contributed by atoms with Crippen molar-refractivity contribution in [2.24, 2.45) is 0 Å². The topological polar surface area (TPSA) is 26.0 Å². The highest BCUT2D eigenvalue weighted by molar-refractivity contribution is 6.31. The highest BCUT2D eigenvalue weighted by Crippen LogP contribution is 2.30. The third-order valence-corrected chi connectivity index (χ3v) is 2.57. The molecule has 0 aliphatic carbocycles. The SMILES string of the molecule is Nc1c(F)cccc1-c1ccc(F)c(Cl)c1. The van der Waals surface area contributed by atoms with Crippen LogP contribution < -0.4 is 5.73 Å². The Morgan fingerprint density at radius 2 is 1.75 bits per heavy atom. The lowest BCUT2D eigenvalue weighted by atomic mass is 10.0. The van der Waals surface area contributed by atoms with Crippen LogP contribution in [0.1, 0.15) is 0 Å². The van der Waals surface area contributed by atoms with E-state index in [9.17, 15) is 8.78 Å². The highest BCUT2D eigenvalue weighted by Gasteiger charge is 2.08. The standard InChI is InChI=1S/C12H8ClF2N/c13-9-6-7(4-5-10(9)14)8-2-1-3-11(15)12(8)16/h1-6H,16H2. The number of anilines is 1. The van der Waals surface area contributed by atoms with Crippen LogP contribution in [-0.4, -0.2) is 0 Å². The van der Waals surface area contributed by atoms with E-state index in [1.807, 2.05) is 0 Å². The molecule has 4 heteroatoms. The number of nitrogen functional groups attached to an aromatic ring is 1. The molecule has 0 saturated heterocycles. The molecule has 0 aliphatic rings. The predicted octanol–water partition coefficient (Wildman–Crippen LogP) is 3.87. The number of halogens is 3. The van der Waals surface area contributed by atoms with Crippen LogP contribution in [0.4, 0.5) is 14.5 Å². The van der Waals surface area contributed by atoms with Crippen LogP contribution in [0.5, 0.6) is 0 Å². The fraction of sp³-hybridized carbons (Fsp3) is 0. The van der Waals surface area contributed by atoms with Crippen molar-refractivity contribution in [1.82, 2.24) is 0 Å². The minimum atomic E-state index is -0.514. The van der Waals surface area contributed by atoms with Crippen LogP contribution in [0.15, 0.2) is 36.4 Å². The van der Waals surface area contributed by atoms with Crippen LogP contribution in [0.3, 0.4) is 0 Å². The van der Waals surface area contributed by atoms with E-state index >= 15 is 0 Å². The summed E-state index contributed by atoms with van der Waals surface area (Å²) in [6.07, 6.45) is 0. The molecule has 1 nitrogen and oxygen atoms in total. The summed E-state index contributed by atoms with van der Waals surface area (Å²) in [7, 11) is 0. The van der Waals surface area contributed by atoms with Crippen molar-refractivity contribution >= 4 is 17.3 Å². The van der Waals surface area contributed by atoms with Crippen LogP contribution in [-0.2, 0) is 0 Å². The quantitative estimate of drug-likeness (QED) is 0.751. The Balaban J connectivity index is 2.59. The number of hydrogen-bond donors (Lipinski definition) is 1. The Morgan fingerprint density at radius 1 is 1.00 bits per heavy atom. The van der Waals surface area contributed by atoms with Gasteiger partial charge in [-0.1, -0.05) is 29.8 Å². The second-order valence-corrected chi connectivity index (χ2v) is 3.74. The molecule has 0 radical (unpaired) electrons. The van der Waals surface area contributed by atoms with E-state index in [0.29, 0.717) is 11.1 Å². The van der Waals surface area contributed by atoms with Gasteiger partial charge in [-0.15, -0.1) is 0 Å². The number of rotatable bonds is 1. The molecule has 0 fully saturated rings. The molecule has 0 heterocycles. The minimum Gasteiger partial charge on any atom is -0.396 e. The van der Waals surface area contributed by atoms with E-state index in [-0.39, 0.29) is 10.7 Å². The summed E-state index contributed by atoms with van der Waals surface area (Å²) in [6, 6.07) is 8.61. The molecule has 0 amide bonds. The molecule has 0 spiro atoms. The first-order chi connectivity index (χ1) is 7.59. The van der Waals surface area contributed by atoms with Gasteiger partial charge in [0.05, 0.1) is 10.7 Å². The largest absolute Gasteiger partial charge is 0.396 e. The van der Waals surface area contributed by atoms with Gasteiger partial charge >= 0.3 is 0 Å². The van der Waals surface area contributed by atoms with E-state index in [1.54, 1.807) is 6.07 Å². The molecular weight excluding hydrogens is 232 g/mol.